The summed E-state index contributed by atoms with van der Waals surface area (Å²) in [6.07, 6.45) is 4.10. The van der Waals surface area contributed by atoms with Crippen molar-refractivity contribution < 1.29 is 0 Å². The molecule has 3 aliphatic rings. The Labute approximate surface area is 128 Å². The van der Waals surface area contributed by atoms with Crippen molar-refractivity contribution in [3.63, 3.8) is 0 Å². The molecule has 0 bridgehead atoms. The zero-order chi connectivity index (χ0) is 14.2. The van der Waals surface area contributed by atoms with Crippen LogP contribution < -0.4 is 5.32 Å². The SMILES string of the molecule is CCNC1c2ccccc2CC1N1CCN(C2CC2)CC1. The molecule has 114 valence electrons. The van der Waals surface area contributed by atoms with E-state index < -0.39 is 0 Å². The largest absolute Gasteiger partial charge is 0.309 e. The van der Waals surface area contributed by atoms with Crippen LogP contribution in [0.15, 0.2) is 24.3 Å². The van der Waals surface area contributed by atoms with E-state index in [0.717, 1.165) is 12.6 Å². The van der Waals surface area contributed by atoms with E-state index in [4.69, 9.17) is 0 Å². The Morgan fingerprint density at radius 2 is 1.76 bits per heavy atom. The lowest BCUT2D eigenvalue weighted by molar-refractivity contribution is 0.0797. The number of benzene rings is 1. The molecule has 1 aromatic rings. The fraction of sp³-hybridized carbons (Fsp3) is 0.667. The number of likely N-dealkylation sites (N-methyl/N-ethyl adjacent to an activating group) is 1. The van der Waals surface area contributed by atoms with E-state index in [1.54, 1.807) is 5.56 Å². The Kier molecular flexibility index (Phi) is 3.74. The predicted octanol–water partition coefficient (Wildman–Crippen LogP) is 2.04. The molecule has 0 aromatic heterocycles. The predicted molar refractivity (Wildman–Crippen MR) is 86.5 cm³/mol. The van der Waals surface area contributed by atoms with Crippen LogP contribution in [-0.2, 0) is 6.42 Å². The minimum absolute atomic E-state index is 0.527. The highest BCUT2D eigenvalue weighted by molar-refractivity contribution is 5.37. The van der Waals surface area contributed by atoms with E-state index in [1.165, 1.54) is 51.0 Å². The van der Waals surface area contributed by atoms with Crippen LogP contribution in [-0.4, -0.2) is 54.6 Å². The fourth-order valence-electron chi connectivity index (χ4n) is 4.25. The molecule has 2 atom stereocenters. The molecule has 2 aliphatic carbocycles. The number of hydrogen-bond acceptors (Lipinski definition) is 3. The van der Waals surface area contributed by atoms with Gasteiger partial charge < -0.3 is 5.32 Å². The molecular weight excluding hydrogens is 258 g/mol. The molecule has 3 nitrogen and oxygen atoms in total. The molecule has 1 heterocycles. The summed E-state index contributed by atoms with van der Waals surface area (Å²) in [6, 6.07) is 11.1. The summed E-state index contributed by atoms with van der Waals surface area (Å²) in [5.41, 5.74) is 3.09. The first-order valence-corrected chi connectivity index (χ1v) is 8.66. The number of hydrogen-bond donors (Lipinski definition) is 1. The van der Waals surface area contributed by atoms with Crippen LogP contribution >= 0.6 is 0 Å². The van der Waals surface area contributed by atoms with E-state index in [1.807, 2.05) is 0 Å². The van der Waals surface area contributed by atoms with Gasteiger partial charge in [0.15, 0.2) is 0 Å². The summed E-state index contributed by atoms with van der Waals surface area (Å²) in [6.45, 7) is 8.32. The standard InChI is InChI=1S/C18H27N3/c1-2-19-18-16-6-4-3-5-14(16)13-17(18)21-11-9-20(10-12-21)15-7-8-15/h3-6,15,17-19H,2,7-13H2,1H3. The molecule has 21 heavy (non-hydrogen) atoms. The Morgan fingerprint density at radius 1 is 1.05 bits per heavy atom. The van der Waals surface area contributed by atoms with Crippen LogP contribution in [0.4, 0.5) is 0 Å². The van der Waals surface area contributed by atoms with Gasteiger partial charge in [0.1, 0.15) is 0 Å². The topological polar surface area (TPSA) is 18.5 Å². The highest BCUT2D eigenvalue weighted by Gasteiger charge is 2.38. The molecule has 0 amide bonds. The van der Waals surface area contributed by atoms with Crippen LogP contribution in [0.3, 0.4) is 0 Å². The molecule has 2 unspecified atom stereocenters. The molecular formula is C18H27N3. The van der Waals surface area contributed by atoms with Gasteiger partial charge in [-0.05, 0) is 36.9 Å². The van der Waals surface area contributed by atoms with E-state index >= 15 is 0 Å². The van der Waals surface area contributed by atoms with Gasteiger partial charge in [-0.1, -0.05) is 31.2 Å². The lowest BCUT2D eigenvalue weighted by Gasteiger charge is -2.40. The van der Waals surface area contributed by atoms with Gasteiger partial charge in [-0.15, -0.1) is 0 Å². The molecule has 1 saturated heterocycles. The van der Waals surface area contributed by atoms with E-state index in [0.29, 0.717) is 12.1 Å². The highest BCUT2D eigenvalue weighted by atomic mass is 15.3. The first-order valence-electron chi connectivity index (χ1n) is 8.66. The Morgan fingerprint density at radius 3 is 2.48 bits per heavy atom. The average Bonchev–Trinajstić information content (AvgIpc) is 3.31. The van der Waals surface area contributed by atoms with Gasteiger partial charge in [0.2, 0.25) is 0 Å². The Bertz CT molecular complexity index is 489. The van der Waals surface area contributed by atoms with Gasteiger partial charge in [-0.25, -0.2) is 0 Å². The third-order valence-electron chi connectivity index (χ3n) is 5.51. The zero-order valence-electron chi connectivity index (χ0n) is 13.1. The molecule has 1 aliphatic heterocycles. The average molecular weight is 285 g/mol. The molecule has 1 saturated carbocycles. The van der Waals surface area contributed by atoms with Gasteiger partial charge in [-0.2, -0.15) is 0 Å². The van der Waals surface area contributed by atoms with Crippen LogP contribution in [0.25, 0.3) is 0 Å². The number of nitrogens with zero attached hydrogens (tertiary/aromatic N) is 2. The van der Waals surface area contributed by atoms with E-state index in [2.05, 4.69) is 46.3 Å². The maximum absolute atomic E-state index is 3.74. The second-order valence-corrected chi connectivity index (χ2v) is 6.81. The van der Waals surface area contributed by atoms with Crippen LogP contribution in [0.2, 0.25) is 0 Å². The normalized spacial score (nSPS) is 30.5. The maximum Gasteiger partial charge on any atom is 0.0484 e. The fourth-order valence-corrected chi connectivity index (χ4v) is 4.25. The van der Waals surface area contributed by atoms with E-state index in [9.17, 15) is 0 Å². The number of rotatable bonds is 4. The summed E-state index contributed by atoms with van der Waals surface area (Å²) in [7, 11) is 0. The number of piperazine rings is 1. The van der Waals surface area contributed by atoms with Gasteiger partial charge in [0, 0.05) is 44.3 Å². The van der Waals surface area contributed by atoms with Crippen molar-refractivity contribution in [2.75, 3.05) is 32.7 Å². The Hall–Kier alpha value is -0.900. The van der Waals surface area contributed by atoms with Gasteiger partial charge >= 0.3 is 0 Å². The van der Waals surface area contributed by atoms with Crippen molar-refractivity contribution in [1.29, 1.82) is 0 Å². The van der Waals surface area contributed by atoms with Crippen molar-refractivity contribution in [3.05, 3.63) is 35.4 Å². The number of fused-ring (bicyclic) bond motifs is 1. The highest BCUT2D eigenvalue weighted by Crippen LogP contribution is 2.35. The van der Waals surface area contributed by atoms with Gasteiger partial charge in [-0.3, -0.25) is 9.80 Å². The third-order valence-corrected chi connectivity index (χ3v) is 5.51. The van der Waals surface area contributed by atoms with Crippen molar-refractivity contribution >= 4 is 0 Å². The maximum atomic E-state index is 3.74. The first kappa shape index (κ1) is 13.7. The van der Waals surface area contributed by atoms with Crippen LogP contribution in [0.1, 0.15) is 36.9 Å². The lowest BCUT2D eigenvalue weighted by atomic mass is 10.1. The minimum atomic E-state index is 0.527. The first-order chi connectivity index (χ1) is 10.4. The summed E-state index contributed by atoms with van der Waals surface area (Å²) < 4.78 is 0. The second kappa shape index (κ2) is 5.71. The third kappa shape index (κ3) is 2.63. The van der Waals surface area contributed by atoms with Gasteiger partial charge in [0.25, 0.3) is 0 Å². The monoisotopic (exact) mass is 285 g/mol. The molecule has 2 fully saturated rings. The van der Waals surface area contributed by atoms with Crippen LogP contribution in [0.5, 0.6) is 0 Å². The Balaban J connectivity index is 1.47. The molecule has 1 aromatic carbocycles. The molecule has 4 rings (SSSR count). The molecule has 0 spiro atoms. The summed E-state index contributed by atoms with van der Waals surface area (Å²) in [5, 5.41) is 3.74. The lowest BCUT2D eigenvalue weighted by Crippen LogP contribution is -2.53. The van der Waals surface area contributed by atoms with Crippen molar-refractivity contribution in [1.82, 2.24) is 15.1 Å². The van der Waals surface area contributed by atoms with Gasteiger partial charge in [0.05, 0.1) is 0 Å². The summed E-state index contributed by atoms with van der Waals surface area (Å²) in [4.78, 5) is 5.45. The molecule has 1 N–H and O–H groups in total. The zero-order valence-corrected chi connectivity index (χ0v) is 13.1. The summed E-state index contributed by atoms with van der Waals surface area (Å²) in [5.74, 6) is 0. The minimum Gasteiger partial charge on any atom is -0.309 e. The quantitative estimate of drug-likeness (QED) is 0.913. The second-order valence-electron chi connectivity index (χ2n) is 6.81. The van der Waals surface area contributed by atoms with Crippen LogP contribution in [0, 0.1) is 0 Å². The number of nitrogens with one attached hydrogen (secondary N) is 1. The molecule has 0 radical (unpaired) electrons. The van der Waals surface area contributed by atoms with E-state index in [-0.39, 0.29) is 0 Å². The smallest absolute Gasteiger partial charge is 0.0484 e. The van der Waals surface area contributed by atoms with Crippen molar-refractivity contribution in [2.24, 2.45) is 0 Å². The van der Waals surface area contributed by atoms with Crippen molar-refractivity contribution in [3.8, 4) is 0 Å². The summed E-state index contributed by atoms with van der Waals surface area (Å²) >= 11 is 0. The molecule has 3 heteroatoms. The van der Waals surface area contributed by atoms with Crippen molar-refractivity contribution in [2.45, 2.75) is 44.3 Å².